The molecule has 3 aromatic rings. The number of phenols is 1. The molecule has 4 nitrogen and oxygen atoms in total. The average molecular weight is 335 g/mol. The molecule has 0 unspecified atom stereocenters. The van der Waals surface area contributed by atoms with E-state index in [1.807, 2.05) is 61.5 Å². The first-order valence-electron chi connectivity index (χ1n) is 8.27. The number of aryl methyl sites for hydroxylation is 1. The highest BCUT2D eigenvalue weighted by molar-refractivity contribution is 5.77. The third-order valence-electron chi connectivity index (χ3n) is 4.28. The lowest BCUT2D eigenvalue weighted by atomic mass is 9.87. The maximum absolute atomic E-state index is 12.5. The second kappa shape index (κ2) is 7.71. The van der Waals surface area contributed by atoms with E-state index < -0.39 is 0 Å². The van der Waals surface area contributed by atoms with Gasteiger partial charge in [0.25, 0.3) is 0 Å². The van der Waals surface area contributed by atoms with Crippen LogP contribution in [0.4, 0.5) is 0 Å². The topological polar surface area (TPSA) is 62.5 Å². The van der Waals surface area contributed by atoms with Crippen LogP contribution in [0.3, 0.4) is 0 Å². The highest BCUT2D eigenvalue weighted by Gasteiger charge is 2.21. The van der Waals surface area contributed by atoms with Crippen LogP contribution in [0.25, 0.3) is 0 Å². The molecular weight excluding hydrogens is 314 g/mol. The van der Waals surface area contributed by atoms with Gasteiger partial charge >= 0.3 is 0 Å². The van der Waals surface area contributed by atoms with Crippen molar-refractivity contribution in [2.24, 2.45) is 0 Å². The van der Waals surface area contributed by atoms with Crippen LogP contribution in [0.1, 0.15) is 34.8 Å². The van der Waals surface area contributed by atoms with Crippen LogP contribution in [0.15, 0.2) is 71.3 Å². The van der Waals surface area contributed by atoms with E-state index in [1.165, 1.54) is 0 Å². The molecule has 0 fully saturated rings. The molecule has 2 aromatic carbocycles. The van der Waals surface area contributed by atoms with Gasteiger partial charge in [0, 0.05) is 17.9 Å². The van der Waals surface area contributed by atoms with Crippen molar-refractivity contribution in [2.75, 3.05) is 0 Å². The van der Waals surface area contributed by atoms with Gasteiger partial charge in [0.05, 0.1) is 12.8 Å². The molecule has 0 saturated heterocycles. The summed E-state index contributed by atoms with van der Waals surface area (Å²) in [6.07, 6.45) is 1.83. The Balaban J connectivity index is 1.82. The predicted octanol–water partition coefficient (Wildman–Crippen LogP) is 4.13. The lowest BCUT2D eigenvalue weighted by Gasteiger charge is -2.19. The fourth-order valence-electron chi connectivity index (χ4n) is 2.91. The minimum atomic E-state index is -0.210. The first-order valence-corrected chi connectivity index (χ1v) is 8.27. The Morgan fingerprint density at radius 3 is 2.60 bits per heavy atom. The molecule has 0 aliphatic rings. The Morgan fingerprint density at radius 2 is 1.88 bits per heavy atom. The Kier molecular flexibility index (Phi) is 5.19. The Hall–Kier alpha value is -3.01. The lowest BCUT2D eigenvalue weighted by Crippen LogP contribution is -2.24. The van der Waals surface area contributed by atoms with Gasteiger partial charge in [-0.25, -0.2) is 0 Å². The fourth-order valence-corrected chi connectivity index (χ4v) is 2.91. The summed E-state index contributed by atoms with van der Waals surface area (Å²) >= 11 is 0. The average Bonchev–Trinajstić information content (AvgIpc) is 3.15. The van der Waals surface area contributed by atoms with Gasteiger partial charge in [-0.1, -0.05) is 48.5 Å². The van der Waals surface area contributed by atoms with Crippen LogP contribution in [-0.4, -0.2) is 11.0 Å². The zero-order valence-corrected chi connectivity index (χ0v) is 14.1. The summed E-state index contributed by atoms with van der Waals surface area (Å²) in [7, 11) is 0. The zero-order chi connectivity index (χ0) is 17.6. The van der Waals surface area contributed by atoms with Crippen molar-refractivity contribution in [1.82, 2.24) is 5.32 Å². The molecule has 1 heterocycles. The Morgan fingerprint density at radius 1 is 1.08 bits per heavy atom. The molecule has 1 atom stereocenters. The molecule has 1 aromatic heterocycles. The van der Waals surface area contributed by atoms with Gasteiger partial charge in [-0.2, -0.15) is 0 Å². The van der Waals surface area contributed by atoms with Crippen molar-refractivity contribution in [3.63, 3.8) is 0 Å². The van der Waals surface area contributed by atoms with Gasteiger partial charge in [-0.15, -0.1) is 0 Å². The second-order valence-electron chi connectivity index (χ2n) is 6.04. The molecule has 4 heteroatoms. The lowest BCUT2D eigenvalue weighted by molar-refractivity contribution is -0.121. The summed E-state index contributed by atoms with van der Waals surface area (Å²) in [5.74, 6) is 0.655. The number of phenolic OH excluding ortho intramolecular Hbond substituents is 1. The number of para-hydroxylation sites is 1. The number of nitrogens with one attached hydrogen (secondary N) is 1. The quantitative estimate of drug-likeness (QED) is 0.712. The molecule has 0 aliphatic carbocycles. The number of hydrogen-bond donors (Lipinski definition) is 2. The number of amides is 1. The van der Waals surface area contributed by atoms with E-state index >= 15 is 0 Å². The number of rotatable bonds is 6. The van der Waals surface area contributed by atoms with Gasteiger partial charge in [0.2, 0.25) is 5.91 Å². The summed E-state index contributed by atoms with van der Waals surface area (Å²) < 4.78 is 5.24. The largest absolute Gasteiger partial charge is 0.507 e. The van der Waals surface area contributed by atoms with Gasteiger partial charge in [0.1, 0.15) is 11.5 Å². The summed E-state index contributed by atoms with van der Waals surface area (Å²) in [4.78, 5) is 12.5. The van der Waals surface area contributed by atoms with Crippen molar-refractivity contribution in [3.05, 3.63) is 89.4 Å². The second-order valence-corrected chi connectivity index (χ2v) is 6.04. The van der Waals surface area contributed by atoms with E-state index in [0.717, 1.165) is 16.7 Å². The van der Waals surface area contributed by atoms with Crippen LogP contribution in [0, 0.1) is 6.92 Å². The number of carbonyl (C=O) groups is 1. The van der Waals surface area contributed by atoms with E-state index in [-0.39, 0.29) is 24.0 Å². The molecule has 2 N–H and O–H groups in total. The van der Waals surface area contributed by atoms with Crippen LogP contribution in [0.5, 0.6) is 5.75 Å². The standard InChI is InChI=1S/C21H21NO3/c1-15-7-5-11-18(21(15)24)19(16-8-3-2-4-9-16)13-20(23)22-14-17-10-6-12-25-17/h2-12,19,24H,13-14H2,1H3,(H,22,23)/t19-/m0/s1. The molecule has 0 aliphatic heterocycles. The highest BCUT2D eigenvalue weighted by Crippen LogP contribution is 2.35. The summed E-state index contributed by atoms with van der Waals surface area (Å²) in [5, 5.41) is 13.4. The predicted molar refractivity (Wildman–Crippen MR) is 96.3 cm³/mol. The van der Waals surface area contributed by atoms with E-state index in [9.17, 15) is 9.90 Å². The van der Waals surface area contributed by atoms with Crippen molar-refractivity contribution in [1.29, 1.82) is 0 Å². The molecule has 3 rings (SSSR count). The first-order chi connectivity index (χ1) is 12.1. The van der Waals surface area contributed by atoms with Crippen molar-refractivity contribution >= 4 is 5.91 Å². The minimum Gasteiger partial charge on any atom is -0.507 e. The van der Waals surface area contributed by atoms with Gasteiger partial charge < -0.3 is 14.8 Å². The summed E-state index contributed by atoms with van der Waals surface area (Å²) in [5.41, 5.74) is 2.56. The van der Waals surface area contributed by atoms with Crippen LogP contribution >= 0.6 is 0 Å². The molecule has 0 bridgehead atoms. The number of carbonyl (C=O) groups excluding carboxylic acids is 1. The highest BCUT2D eigenvalue weighted by atomic mass is 16.3. The van der Waals surface area contributed by atoms with Gasteiger partial charge in [0.15, 0.2) is 0 Å². The van der Waals surface area contributed by atoms with Gasteiger partial charge in [-0.3, -0.25) is 4.79 Å². The third kappa shape index (κ3) is 4.10. The maximum Gasteiger partial charge on any atom is 0.221 e. The molecule has 1 amide bonds. The van der Waals surface area contributed by atoms with E-state index in [0.29, 0.717) is 12.3 Å². The minimum absolute atomic E-state index is 0.0915. The van der Waals surface area contributed by atoms with Crippen LogP contribution in [-0.2, 0) is 11.3 Å². The molecular formula is C21H21NO3. The summed E-state index contributed by atoms with van der Waals surface area (Å²) in [6, 6.07) is 19.0. The number of hydrogen-bond acceptors (Lipinski definition) is 3. The molecule has 25 heavy (non-hydrogen) atoms. The van der Waals surface area contributed by atoms with Crippen molar-refractivity contribution in [2.45, 2.75) is 25.8 Å². The molecule has 128 valence electrons. The SMILES string of the molecule is Cc1cccc([C@@H](CC(=O)NCc2ccco2)c2ccccc2)c1O. The monoisotopic (exact) mass is 335 g/mol. The van der Waals surface area contributed by atoms with E-state index in [1.54, 1.807) is 12.3 Å². The maximum atomic E-state index is 12.5. The smallest absolute Gasteiger partial charge is 0.221 e. The Labute approximate surface area is 147 Å². The summed E-state index contributed by atoms with van der Waals surface area (Å²) in [6.45, 7) is 2.21. The van der Waals surface area contributed by atoms with E-state index in [2.05, 4.69) is 5.32 Å². The fraction of sp³-hybridized carbons (Fsp3) is 0.190. The van der Waals surface area contributed by atoms with E-state index in [4.69, 9.17) is 4.42 Å². The zero-order valence-electron chi connectivity index (χ0n) is 14.1. The van der Waals surface area contributed by atoms with Crippen LogP contribution < -0.4 is 5.32 Å². The number of benzene rings is 2. The van der Waals surface area contributed by atoms with Crippen molar-refractivity contribution in [3.8, 4) is 5.75 Å². The Bertz CT molecular complexity index is 826. The normalized spacial score (nSPS) is 11.9. The molecule has 0 saturated carbocycles. The first kappa shape index (κ1) is 16.8. The number of furan rings is 1. The molecule has 0 radical (unpaired) electrons. The van der Waals surface area contributed by atoms with Gasteiger partial charge in [-0.05, 0) is 30.2 Å². The third-order valence-corrected chi connectivity index (χ3v) is 4.28. The molecule has 0 spiro atoms. The van der Waals surface area contributed by atoms with Crippen LogP contribution in [0.2, 0.25) is 0 Å². The van der Waals surface area contributed by atoms with Crippen molar-refractivity contribution < 1.29 is 14.3 Å². The number of aromatic hydroxyl groups is 1.